The average Bonchev–Trinajstić information content (AvgIpc) is 3.53. The molecule has 10 heteroatoms. The second-order valence-corrected chi connectivity index (χ2v) is 8.98. The van der Waals surface area contributed by atoms with Gasteiger partial charge in [-0.05, 0) is 67.1 Å². The van der Waals surface area contributed by atoms with Gasteiger partial charge >= 0.3 is 12.1 Å². The van der Waals surface area contributed by atoms with Gasteiger partial charge in [-0.2, -0.15) is 13.2 Å². The number of ketones is 1. The monoisotopic (exact) mass is 538 g/mol. The van der Waals surface area contributed by atoms with Crippen molar-refractivity contribution in [3.8, 4) is 11.3 Å². The molecule has 0 saturated heterocycles. The molecule has 3 aromatic carbocycles. The van der Waals surface area contributed by atoms with Crippen molar-refractivity contribution in [1.29, 1.82) is 0 Å². The van der Waals surface area contributed by atoms with Crippen molar-refractivity contribution in [2.24, 2.45) is 12.2 Å². The SMILES string of the molecule is CC(=NOC(=O)C(F)(F)F)c1ccc2c(c1)c1cc(C(=O)c3ccc(-c4ccco4)cc3Cl)ccc1n2C. The van der Waals surface area contributed by atoms with Crippen LogP contribution in [0.2, 0.25) is 5.02 Å². The Labute approximate surface area is 218 Å². The molecule has 6 nitrogen and oxygen atoms in total. The lowest BCUT2D eigenvalue weighted by Gasteiger charge is -2.07. The zero-order valence-corrected chi connectivity index (χ0v) is 20.7. The number of oxime groups is 1. The van der Waals surface area contributed by atoms with Crippen LogP contribution in [0.25, 0.3) is 33.1 Å². The van der Waals surface area contributed by atoms with Crippen molar-refractivity contribution >= 4 is 50.9 Å². The summed E-state index contributed by atoms with van der Waals surface area (Å²) in [6.07, 6.45) is -3.59. The molecule has 192 valence electrons. The highest BCUT2D eigenvalue weighted by Crippen LogP contribution is 2.32. The molecule has 0 aliphatic heterocycles. The standard InChI is InChI=1S/C28H18ClF3N2O4/c1-15(33-38-27(36)28(30,31)32)16-6-9-23-20(12-16)21-13-18(7-10-24(21)34(23)2)26(35)19-8-5-17(14-22(19)29)25-4-3-11-37-25/h3-14H,1-2H3. The van der Waals surface area contributed by atoms with Gasteiger partial charge in [0.25, 0.3) is 0 Å². The van der Waals surface area contributed by atoms with Crippen LogP contribution in [0.4, 0.5) is 13.2 Å². The number of rotatable bonds is 5. The highest BCUT2D eigenvalue weighted by atomic mass is 35.5. The number of hydrogen-bond acceptors (Lipinski definition) is 5. The summed E-state index contributed by atoms with van der Waals surface area (Å²) in [6, 6.07) is 19.1. The van der Waals surface area contributed by atoms with Gasteiger partial charge in [-0.15, -0.1) is 0 Å². The molecule has 0 unspecified atom stereocenters. The lowest BCUT2D eigenvalue weighted by Crippen LogP contribution is -2.24. The predicted molar refractivity (Wildman–Crippen MR) is 137 cm³/mol. The minimum absolute atomic E-state index is 0.0807. The maximum atomic E-state index is 13.4. The van der Waals surface area contributed by atoms with E-state index in [-0.39, 0.29) is 16.5 Å². The van der Waals surface area contributed by atoms with Crippen LogP contribution < -0.4 is 0 Å². The third kappa shape index (κ3) is 4.56. The summed E-state index contributed by atoms with van der Waals surface area (Å²) in [5.41, 5.74) is 3.68. The molecular formula is C28H18ClF3N2O4. The predicted octanol–water partition coefficient (Wildman–Crippen LogP) is 7.31. The molecular weight excluding hydrogens is 521 g/mol. The first-order chi connectivity index (χ1) is 18.0. The number of furan rings is 1. The summed E-state index contributed by atoms with van der Waals surface area (Å²) in [5.74, 6) is -2.04. The molecule has 0 aliphatic rings. The number of aryl methyl sites for hydroxylation is 1. The molecule has 2 aromatic heterocycles. The number of nitrogens with zero attached hydrogens (tertiary/aromatic N) is 2. The molecule has 0 fully saturated rings. The van der Waals surface area contributed by atoms with Crippen LogP contribution in [0, 0.1) is 0 Å². The maximum absolute atomic E-state index is 13.4. The van der Waals surface area contributed by atoms with Gasteiger partial charge in [0.15, 0.2) is 5.78 Å². The normalized spacial score (nSPS) is 12.3. The zero-order valence-electron chi connectivity index (χ0n) is 20.0. The number of hydrogen-bond donors (Lipinski definition) is 0. The van der Waals surface area contributed by atoms with E-state index in [1.807, 2.05) is 17.7 Å². The lowest BCUT2D eigenvalue weighted by atomic mass is 9.99. The van der Waals surface area contributed by atoms with Crippen molar-refractivity contribution < 1.29 is 32.0 Å². The largest absolute Gasteiger partial charge is 0.493 e. The molecule has 0 bridgehead atoms. The van der Waals surface area contributed by atoms with Crippen LogP contribution >= 0.6 is 11.6 Å². The second kappa shape index (κ2) is 9.50. The number of fused-ring (bicyclic) bond motifs is 3. The summed E-state index contributed by atoms with van der Waals surface area (Å²) in [5, 5.41) is 5.11. The molecule has 0 radical (unpaired) electrons. The Bertz CT molecular complexity index is 1750. The smallest absolute Gasteiger partial charge is 0.464 e. The molecule has 2 heterocycles. The molecule has 38 heavy (non-hydrogen) atoms. The van der Waals surface area contributed by atoms with E-state index in [0.29, 0.717) is 22.5 Å². The Hall–Kier alpha value is -4.37. The summed E-state index contributed by atoms with van der Waals surface area (Å²) in [7, 11) is 1.86. The third-order valence-electron chi connectivity index (χ3n) is 6.20. The highest BCUT2D eigenvalue weighted by Gasteiger charge is 2.41. The summed E-state index contributed by atoms with van der Waals surface area (Å²) in [4.78, 5) is 28.4. The minimum Gasteiger partial charge on any atom is -0.464 e. The Kier molecular flexibility index (Phi) is 6.32. The molecule has 5 rings (SSSR count). The molecule has 0 atom stereocenters. The fraction of sp³-hybridized carbons (Fsp3) is 0.107. The highest BCUT2D eigenvalue weighted by molar-refractivity contribution is 6.35. The molecule has 0 N–H and O–H groups in total. The number of carbonyl (C=O) groups is 2. The summed E-state index contributed by atoms with van der Waals surface area (Å²) >= 11 is 6.46. The zero-order chi connectivity index (χ0) is 27.2. The Morgan fingerprint density at radius 2 is 1.61 bits per heavy atom. The van der Waals surface area contributed by atoms with Gasteiger partial charge in [-0.3, -0.25) is 4.79 Å². The van der Waals surface area contributed by atoms with E-state index in [1.165, 1.54) is 6.92 Å². The van der Waals surface area contributed by atoms with Gasteiger partial charge in [0.1, 0.15) is 5.76 Å². The van der Waals surface area contributed by atoms with Crippen LogP contribution in [0.1, 0.15) is 28.4 Å². The molecule has 0 amide bonds. The van der Waals surface area contributed by atoms with Crippen LogP contribution in [-0.4, -0.2) is 28.2 Å². The van der Waals surface area contributed by atoms with Gasteiger partial charge in [0.05, 0.1) is 17.0 Å². The van der Waals surface area contributed by atoms with Crippen molar-refractivity contribution in [2.45, 2.75) is 13.1 Å². The topological polar surface area (TPSA) is 73.8 Å². The van der Waals surface area contributed by atoms with E-state index < -0.39 is 12.1 Å². The summed E-state index contributed by atoms with van der Waals surface area (Å²) < 4.78 is 44.6. The van der Waals surface area contributed by atoms with E-state index in [4.69, 9.17) is 16.0 Å². The van der Waals surface area contributed by atoms with Crippen LogP contribution in [0.15, 0.2) is 82.6 Å². The fourth-order valence-corrected chi connectivity index (χ4v) is 4.52. The van der Waals surface area contributed by atoms with E-state index in [1.54, 1.807) is 66.9 Å². The van der Waals surface area contributed by atoms with Crippen molar-refractivity contribution in [3.63, 3.8) is 0 Å². The van der Waals surface area contributed by atoms with Crippen molar-refractivity contribution in [3.05, 3.63) is 94.7 Å². The molecule has 5 aromatic rings. The van der Waals surface area contributed by atoms with Crippen LogP contribution in [0.3, 0.4) is 0 Å². The summed E-state index contributed by atoms with van der Waals surface area (Å²) in [6.45, 7) is 1.43. The second-order valence-electron chi connectivity index (χ2n) is 8.58. The quantitative estimate of drug-likeness (QED) is 0.102. The van der Waals surface area contributed by atoms with Crippen molar-refractivity contribution in [2.75, 3.05) is 0 Å². The average molecular weight is 539 g/mol. The third-order valence-corrected chi connectivity index (χ3v) is 6.52. The lowest BCUT2D eigenvalue weighted by molar-refractivity contribution is -0.199. The minimum atomic E-state index is -5.14. The van der Waals surface area contributed by atoms with E-state index in [2.05, 4.69) is 9.99 Å². The number of benzene rings is 3. The Morgan fingerprint density at radius 3 is 2.21 bits per heavy atom. The number of aromatic nitrogens is 1. The van der Waals surface area contributed by atoms with Crippen LogP contribution in [-0.2, 0) is 16.7 Å². The van der Waals surface area contributed by atoms with Gasteiger partial charge in [0.2, 0.25) is 0 Å². The van der Waals surface area contributed by atoms with Gasteiger partial charge in [-0.1, -0.05) is 28.9 Å². The molecule has 0 aliphatic carbocycles. The van der Waals surface area contributed by atoms with Gasteiger partial charge < -0.3 is 13.8 Å². The van der Waals surface area contributed by atoms with Crippen LogP contribution in [0.5, 0.6) is 0 Å². The van der Waals surface area contributed by atoms with Gasteiger partial charge in [-0.25, -0.2) is 4.79 Å². The first-order valence-electron chi connectivity index (χ1n) is 11.3. The van der Waals surface area contributed by atoms with E-state index >= 15 is 0 Å². The van der Waals surface area contributed by atoms with E-state index in [9.17, 15) is 22.8 Å². The number of alkyl halides is 3. The molecule has 0 spiro atoms. The van der Waals surface area contributed by atoms with Crippen molar-refractivity contribution in [1.82, 2.24) is 4.57 Å². The maximum Gasteiger partial charge on any atom is 0.493 e. The molecule has 0 saturated carbocycles. The number of carbonyl (C=O) groups excluding carboxylic acids is 2. The first-order valence-corrected chi connectivity index (χ1v) is 11.7. The van der Waals surface area contributed by atoms with Gasteiger partial charge in [0, 0.05) is 45.5 Å². The van der Waals surface area contributed by atoms with E-state index in [0.717, 1.165) is 27.4 Å². The Balaban J connectivity index is 1.52. The first kappa shape index (κ1) is 25.3. The number of halogens is 4. The fourth-order valence-electron chi connectivity index (χ4n) is 4.25. The Morgan fingerprint density at radius 1 is 0.947 bits per heavy atom.